The molecular weight excluding hydrogens is 749 g/mol. The van der Waals surface area contributed by atoms with Crippen LogP contribution in [-0.4, -0.2) is 110 Å². The first-order valence-electron chi connectivity index (χ1n) is 18.6. The first-order valence-corrected chi connectivity index (χ1v) is 18.6. The minimum absolute atomic E-state index is 0.0168. The maximum atomic E-state index is 13.6. The molecule has 2 aromatic heterocycles. The van der Waals surface area contributed by atoms with Crippen molar-refractivity contribution in [2.75, 3.05) is 38.6 Å². The number of benzene rings is 2. The van der Waals surface area contributed by atoms with Crippen LogP contribution in [0.3, 0.4) is 0 Å². The Hall–Kier alpha value is -6.17. The molecule has 15 nitrogen and oxygen atoms in total. The molecule has 57 heavy (non-hydrogen) atoms. The number of nitrogens with zero attached hydrogens (tertiary/aromatic N) is 6. The lowest BCUT2D eigenvalue weighted by Gasteiger charge is -2.41. The molecule has 4 aromatic rings. The lowest BCUT2D eigenvalue weighted by molar-refractivity contribution is -0.141. The Morgan fingerprint density at radius 1 is 0.877 bits per heavy atom. The van der Waals surface area contributed by atoms with Crippen LogP contribution in [0.4, 0.5) is 18.9 Å². The zero-order valence-corrected chi connectivity index (χ0v) is 30.7. The van der Waals surface area contributed by atoms with Crippen LogP contribution in [0, 0.1) is 0 Å². The van der Waals surface area contributed by atoms with E-state index >= 15 is 0 Å². The highest BCUT2D eigenvalue weighted by molar-refractivity contribution is 6.24. The lowest BCUT2D eigenvalue weighted by Crippen LogP contribution is -2.54. The van der Waals surface area contributed by atoms with Crippen LogP contribution < -0.4 is 15.4 Å². The Labute approximate surface area is 323 Å². The summed E-state index contributed by atoms with van der Waals surface area (Å²) in [5.41, 5.74) is -0.182. The molecule has 1 atom stereocenters. The van der Waals surface area contributed by atoms with E-state index in [4.69, 9.17) is 9.84 Å². The molecule has 0 spiro atoms. The van der Waals surface area contributed by atoms with Crippen molar-refractivity contribution in [3.8, 4) is 5.75 Å². The van der Waals surface area contributed by atoms with Crippen molar-refractivity contribution in [2.24, 2.45) is 0 Å². The molecule has 8 rings (SSSR count). The fourth-order valence-corrected chi connectivity index (χ4v) is 8.17. The summed E-state index contributed by atoms with van der Waals surface area (Å²) in [6.45, 7) is 2.67. The zero-order chi connectivity index (χ0) is 40.2. The van der Waals surface area contributed by atoms with Gasteiger partial charge in [-0.2, -0.15) is 18.3 Å². The molecule has 4 aliphatic heterocycles. The third kappa shape index (κ3) is 7.20. The minimum atomic E-state index is -4.69. The van der Waals surface area contributed by atoms with Crippen LogP contribution >= 0.6 is 0 Å². The number of rotatable bonds is 7. The molecule has 1 unspecified atom stereocenters. The van der Waals surface area contributed by atoms with E-state index in [1.54, 1.807) is 17.0 Å². The molecule has 6 heterocycles. The van der Waals surface area contributed by atoms with Gasteiger partial charge in [0.15, 0.2) is 0 Å². The number of hydrogen-bond acceptors (Lipinski definition) is 10. The molecule has 0 saturated carbocycles. The largest absolute Gasteiger partial charge is 0.494 e. The molecule has 296 valence electrons. The third-order valence-electron chi connectivity index (χ3n) is 11.2. The van der Waals surface area contributed by atoms with E-state index in [9.17, 15) is 41.9 Å². The van der Waals surface area contributed by atoms with Crippen molar-refractivity contribution in [3.63, 3.8) is 0 Å². The van der Waals surface area contributed by atoms with Crippen LogP contribution in [0.2, 0.25) is 0 Å². The van der Waals surface area contributed by atoms with Gasteiger partial charge in [-0.1, -0.05) is 6.07 Å². The Balaban J connectivity index is 0.860. The molecule has 6 amide bonds. The van der Waals surface area contributed by atoms with Gasteiger partial charge in [-0.3, -0.25) is 43.7 Å². The Kier molecular flexibility index (Phi) is 9.75. The average molecular weight is 787 g/mol. The first kappa shape index (κ1) is 37.7. The van der Waals surface area contributed by atoms with E-state index < -0.39 is 47.4 Å². The number of carbonyl (C=O) groups excluding carboxylic acids is 6. The summed E-state index contributed by atoms with van der Waals surface area (Å²) < 4.78 is 46.8. The summed E-state index contributed by atoms with van der Waals surface area (Å²) in [5, 5.41) is 10.3. The highest BCUT2D eigenvalue weighted by atomic mass is 19.4. The number of nitrogens with one attached hydrogen (secondary N) is 2. The van der Waals surface area contributed by atoms with Crippen LogP contribution in [0.15, 0.2) is 54.7 Å². The van der Waals surface area contributed by atoms with E-state index in [0.717, 1.165) is 55.8 Å². The number of methoxy groups -OCH3 is 1. The van der Waals surface area contributed by atoms with E-state index in [2.05, 4.69) is 20.5 Å². The second-order valence-electron chi connectivity index (χ2n) is 14.6. The van der Waals surface area contributed by atoms with Crippen molar-refractivity contribution < 1.29 is 46.7 Å². The van der Waals surface area contributed by atoms with E-state index in [1.165, 1.54) is 31.4 Å². The van der Waals surface area contributed by atoms with Gasteiger partial charge >= 0.3 is 6.18 Å². The SMILES string of the molecule is COc1cc2nn(C3CCN(C4CCN(C(=O)c5ccc6c(c5)C(=O)N(C5CCC(=O)NC5=O)C6=O)CC4)CC3)cc2cc1NC(=O)c1cccc(C(F)(F)F)n1. The molecule has 3 saturated heterocycles. The van der Waals surface area contributed by atoms with Gasteiger partial charge in [-0.05, 0) is 68.5 Å². The number of aromatic nitrogens is 3. The zero-order valence-electron chi connectivity index (χ0n) is 30.7. The number of halogens is 3. The second kappa shape index (κ2) is 14.7. The number of ether oxygens (including phenoxy) is 1. The summed E-state index contributed by atoms with van der Waals surface area (Å²) in [4.78, 5) is 85.3. The summed E-state index contributed by atoms with van der Waals surface area (Å²) in [6.07, 6.45) is 0.430. The van der Waals surface area contributed by atoms with E-state index in [1.807, 2.05) is 10.9 Å². The monoisotopic (exact) mass is 786 g/mol. The predicted octanol–water partition coefficient (Wildman–Crippen LogP) is 4.05. The van der Waals surface area contributed by atoms with Crippen LogP contribution in [0.25, 0.3) is 10.9 Å². The molecule has 0 bridgehead atoms. The number of likely N-dealkylation sites (tertiary alicyclic amines) is 2. The quantitative estimate of drug-likeness (QED) is 0.260. The lowest BCUT2D eigenvalue weighted by atomic mass is 9.97. The fraction of sp³-hybridized carbons (Fsp3) is 0.385. The number of imide groups is 2. The molecule has 2 N–H and O–H groups in total. The second-order valence-corrected chi connectivity index (χ2v) is 14.6. The summed E-state index contributed by atoms with van der Waals surface area (Å²) >= 11 is 0. The topological polar surface area (TPSA) is 176 Å². The molecule has 2 aromatic carbocycles. The van der Waals surface area contributed by atoms with Gasteiger partial charge in [0, 0.05) is 61.9 Å². The molecule has 3 fully saturated rings. The van der Waals surface area contributed by atoms with Gasteiger partial charge in [-0.15, -0.1) is 0 Å². The highest BCUT2D eigenvalue weighted by Gasteiger charge is 2.45. The summed E-state index contributed by atoms with van der Waals surface area (Å²) in [7, 11) is 1.42. The van der Waals surface area contributed by atoms with Gasteiger partial charge in [-0.25, -0.2) is 4.98 Å². The van der Waals surface area contributed by atoms with Crippen LogP contribution in [0.1, 0.15) is 91.8 Å². The third-order valence-corrected chi connectivity index (χ3v) is 11.2. The van der Waals surface area contributed by atoms with E-state index in [-0.39, 0.29) is 58.9 Å². The van der Waals surface area contributed by atoms with Gasteiger partial charge in [0.25, 0.3) is 23.6 Å². The van der Waals surface area contributed by atoms with Gasteiger partial charge in [0.1, 0.15) is 23.2 Å². The normalized spacial score (nSPS) is 19.9. The number of carbonyl (C=O) groups is 6. The average Bonchev–Trinajstić information content (AvgIpc) is 3.73. The molecule has 4 aliphatic rings. The smallest absolute Gasteiger partial charge is 0.433 e. The van der Waals surface area contributed by atoms with Gasteiger partial charge in [0.05, 0.1) is 35.5 Å². The first-order chi connectivity index (χ1) is 27.3. The molecule has 0 aliphatic carbocycles. The van der Waals surface area contributed by atoms with Crippen LogP contribution in [-0.2, 0) is 15.8 Å². The van der Waals surface area contributed by atoms with Crippen molar-refractivity contribution in [3.05, 3.63) is 82.8 Å². The van der Waals surface area contributed by atoms with Gasteiger partial charge in [0.2, 0.25) is 11.8 Å². The minimum Gasteiger partial charge on any atom is -0.494 e. The standard InChI is InChI=1S/C39H37F3N8O7/c1-57-31-19-28-22(18-29(31)44-34(52)27-3-2-4-32(43-27)39(40,41)42)20-49(46-28)24-11-13-47(14-12-24)23-9-15-48(16-10-23)36(54)21-5-6-25-26(17-21)38(56)50(37(25)55)30-7-8-33(51)45-35(30)53/h2-6,17-20,23-24,30H,7-16H2,1H3,(H,44,52)(H,45,51,53). The molecular formula is C39H37F3N8O7. The highest BCUT2D eigenvalue weighted by Crippen LogP contribution is 2.34. The Morgan fingerprint density at radius 2 is 1.60 bits per heavy atom. The number of hydrogen-bond donors (Lipinski definition) is 2. The number of alkyl halides is 3. The van der Waals surface area contributed by atoms with Crippen molar-refractivity contribution in [2.45, 2.75) is 62.8 Å². The molecule has 0 radical (unpaired) electrons. The Bertz CT molecular complexity index is 2330. The van der Waals surface area contributed by atoms with E-state index in [0.29, 0.717) is 29.7 Å². The van der Waals surface area contributed by atoms with Crippen LogP contribution in [0.5, 0.6) is 5.75 Å². The maximum absolute atomic E-state index is 13.6. The van der Waals surface area contributed by atoms with Crippen molar-refractivity contribution in [1.82, 2.24) is 34.8 Å². The van der Waals surface area contributed by atoms with Crippen molar-refractivity contribution in [1.29, 1.82) is 0 Å². The summed E-state index contributed by atoms with van der Waals surface area (Å²) in [5.74, 6) is -3.19. The number of fused-ring (bicyclic) bond motifs is 2. The number of amides is 6. The summed E-state index contributed by atoms with van der Waals surface area (Å²) in [6, 6.07) is 10.2. The van der Waals surface area contributed by atoms with Crippen molar-refractivity contribution >= 4 is 52.0 Å². The fourth-order valence-electron chi connectivity index (χ4n) is 8.17. The molecule has 18 heteroatoms. The van der Waals surface area contributed by atoms with Gasteiger partial charge < -0.3 is 19.9 Å². The number of piperidine rings is 3. The number of pyridine rings is 1. The Morgan fingerprint density at radius 3 is 2.30 bits per heavy atom. The predicted molar refractivity (Wildman–Crippen MR) is 195 cm³/mol. The number of anilines is 1. The maximum Gasteiger partial charge on any atom is 0.433 e.